The van der Waals surface area contributed by atoms with Gasteiger partial charge < -0.3 is 28.8 Å². The number of hydrogen-bond donors (Lipinski definition) is 2. The minimum absolute atomic E-state index is 0.416. The Morgan fingerprint density at radius 3 is 1.98 bits per heavy atom. The Kier molecular flexibility index (Phi) is 10.2. The molecule has 1 fully saturated rings. The summed E-state index contributed by atoms with van der Waals surface area (Å²) in [6.07, 6.45) is -6.13. The van der Waals surface area contributed by atoms with Crippen LogP contribution in [0.3, 0.4) is 0 Å². The molecule has 0 bridgehead atoms. The van der Waals surface area contributed by atoms with E-state index in [0.717, 1.165) is 16.8 Å². The number of alkyl halides is 1. The normalized spacial score (nSPS) is 19.2. The fraction of sp³-hybridized carbons (Fsp3) is 0.294. The minimum Gasteiger partial charge on any atom is -0.497 e. The lowest BCUT2D eigenvalue weighted by atomic mass is 9.79. The first-order valence-corrected chi connectivity index (χ1v) is 14.7. The van der Waals surface area contributed by atoms with E-state index in [1.165, 1.54) is 14.2 Å². The molecule has 4 atom stereocenters. The maximum atomic E-state index is 16.8. The van der Waals surface area contributed by atoms with E-state index >= 15 is 4.39 Å². The molecule has 3 aromatic carbocycles. The fourth-order valence-electron chi connectivity index (χ4n) is 5.51. The summed E-state index contributed by atoms with van der Waals surface area (Å²) in [5.41, 5.74) is -1.31. The zero-order valence-corrected chi connectivity index (χ0v) is 25.5. The summed E-state index contributed by atoms with van der Waals surface area (Å²) in [5.74, 6) is -0.883. The number of methoxy groups -OCH3 is 2. The van der Waals surface area contributed by atoms with Crippen LogP contribution in [0.25, 0.3) is 0 Å². The summed E-state index contributed by atoms with van der Waals surface area (Å²) in [6.45, 7) is -0.520. The van der Waals surface area contributed by atoms with Crippen LogP contribution in [0, 0.1) is 0 Å². The van der Waals surface area contributed by atoms with Gasteiger partial charge in [0.25, 0.3) is 5.56 Å². The Bertz CT molecular complexity index is 1740. The van der Waals surface area contributed by atoms with Crippen LogP contribution in [0.15, 0.2) is 101 Å². The second-order valence-electron chi connectivity index (χ2n) is 10.7. The minimum atomic E-state index is -2.03. The van der Waals surface area contributed by atoms with E-state index in [9.17, 15) is 19.2 Å². The summed E-state index contributed by atoms with van der Waals surface area (Å²) in [6, 6.07) is 24.2. The van der Waals surface area contributed by atoms with Crippen molar-refractivity contribution in [3.8, 4) is 11.5 Å². The Labute approximate surface area is 268 Å². The van der Waals surface area contributed by atoms with Crippen molar-refractivity contribution in [3.63, 3.8) is 0 Å². The standard InChI is InChI=1S/C34H33FN2O10/c1-43-24-12-8-22(9-13-24)34(21-6-4-3-5-7-21,23-10-14-25(44-2)15-11-23)47-31-26(20-45-29(41)17-16-28(39)40)46-32(30(31)35)37-19-18-27(38)36-33(37)42/h3-15,18-19,26,30-32H,16-17,20H2,1-2H3,(H,39,40)(H,36,38,42)/t26-,30-,31-,32-/m1/s1. The molecular weight excluding hydrogens is 615 g/mol. The van der Waals surface area contributed by atoms with Crippen LogP contribution in [0.5, 0.6) is 11.5 Å². The molecule has 1 aromatic heterocycles. The summed E-state index contributed by atoms with van der Waals surface area (Å²) in [5, 5.41) is 8.97. The zero-order chi connectivity index (χ0) is 33.6. The lowest BCUT2D eigenvalue weighted by molar-refractivity contribution is -0.156. The van der Waals surface area contributed by atoms with E-state index in [1.807, 2.05) is 30.3 Å². The number of nitrogens with zero attached hydrogens (tertiary/aromatic N) is 1. The summed E-state index contributed by atoms with van der Waals surface area (Å²) < 4.78 is 46.7. The molecular formula is C34H33FN2O10. The summed E-state index contributed by atoms with van der Waals surface area (Å²) in [7, 11) is 3.06. The van der Waals surface area contributed by atoms with Gasteiger partial charge in [-0.15, -0.1) is 0 Å². The number of aliphatic carboxylic acids is 1. The quantitative estimate of drug-likeness (QED) is 0.162. The molecule has 5 rings (SSSR count). The highest BCUT2D eigenvalue weighted by Gasteiger charge is 2.52. The molecule has 0 aliphatic carbocycles. The molecule has 0 radical (unpaired) electrons. The first-order valence-electron chi connectivity index (χ1n) is 14.7. The second-order valence-corrected chi connectivity index (χ2v) is 10.7. The Hall–Kier alpha value is -5.27. The number of esters is 1. The monoisotopic (exact) mass is 648 g/mol. The van der Waals surface area contributed by atoms with E-state index < -0.39 is 72.8 Å². The third kappa shape index (κ3) is 7.11. The maximum Gasteiger partial charge on any atom is 0.330 e. The van der Waals surface area contributed by atoms with Crippen LogP contribution in [-0.2, 0) is 29.4 Å². The average molecular weight is 649 g/mol. The summed E-state index contributed by atoms with van der Waals surface area (Å²) in [4.78, 5) is 50.0. The van der Waals surface area contributed by atoms with Crippen molar-refractivity contribution >= 4 is 11.9 Å². The third-order valence-corrected chi connectivity index (χ3v) is 7.83. The number of benzene rings is 3. The molecule has 47 heavy (non-hydrogen) atoms. The molecule has 1 saturated heterocycles. The molecule has 1 aliphatic heterocycles. The van der Waals surface area contributed by atoms with Gasteiger partial charge in [-0.3, -0.25) is 23.9 Å². The molecule has 246 valence electrons. The number of aromatic nitrogens is 2. The van der Waals surface area contributed by atoms with Gasteiger partial charge in [-0.05, 0) is 41.0 Å². The molecule has 0 saturated carbocycles. The van der Waals surface area contributed by atoms with Crippen LogP contribution in [0.1, 0.15) is 35.8 Å². The molecule has 2 N–H and O–H groups in total. The molecule has 0 amide bonds. The number of carbonyl (C=O) groups is 2. The number of halogens is 1. The number of carboxylic acid groups (broad SMARTS) is 1. The van der Waals surface area contributed by atoms with Crippen molar-refractivity contribution in [2.24, 2.45) is 0 Å². The van der Waals surface area contributed by atoms with Crippen molar-refractivity contribution in [2.75, 3.05) is 20.8 Å². The number of hydrogen-bond acceptors (Lipinski definition) is 9. The van der Waals surface area contributed by atoms with Crippen molar-refractivity contribution in [3.05, 3.63) is 129 Å². The molecule has 13 heteroatoms. The Balaban J connectivity index is 1.64. The van der Waals surface area contributed by atoms with Crippen LogP contribution in [0.4, 0.5) is 4.39 Å². The highest BCUT2D eigenvalue weighted by Crippen LogP contribution is 2.46. The van der Waals surface area contributed by atoms with Crippen molar-refractivity contribution in [1.29, 1.82) is 0 Å². The van der Waals surface area contributed by atoms with E-state index in [1.54, 1.807) is 48.5 Å². The number of nitrogens with one attached hydrogen (secondary N) is 1. The van der Waals surface area contributed by atoms with Gasteiger partial charge in [-0.1, -0.05) is 54.6 Å². The fourth-order valence-corrected chi connectivity index (χ4v) is 5.51. The number of carboxylic acids is 1. The number of aromatic amines is 1. The van der Waals surface area contributed by atoms with Gasteiger partial charge in [0.2, 0.25) is 0 Å². The predicted molar refractivity (Wildman–Crippen MR) is 165 cm³/mol. The number of carbonyl (C=O) groups excluding carboxylic acids is 1. The molecule has 4 aromatic rings. The predicted octanol–water partition coefficient (Wildman–Crippen LogP) is 3.57. The average Bonchev–Trinajstić information content (AvgIpc) is 3.39. The van der Waals surface area contributed by atoms with Gasteiger partial charge in [-0.25, -0.2) is 9.18 Å². The first-order chi connectivity index (χ1) is 22.7. The molecule has 2 heterocycles. The smallest absolute Gasteiger partial charge is 0.330 e. The molecule has 1 aliphatic rings. The number of rotatable bonds is 13. The van der Waals surface area contributed by atoms with Crippen LogP contribution in [0.2, 0.25) is 0 Å². The SMILES string of the molecule is COc1ccc(C(O[C@H]2[C@@H](F)[C@H](n3ccc(=O)[nH]c3=O)O[C@@H]2COC(=O)CCC(=O)O)(c2ccccc2)c2ccc(OC)cc2)cc1. The second kappa shape index (κ2) is 14.4. The highest BCUT2D eigenvalue weighted by atomic mass is 19.1. The van der Waals surface area contributed by atoms with Gasteiger partial charge >= 0.3 is 17.6 Å². The lowest BCUT2D eigenvalue weighted by Crippen LogP contribution is -2.45. The molecule has 12 nitrogen and oxygen atoms in total. The largest absolute Gasteiger partial charge is 0.497 e. The van der Waals surface area contributed by atoms with Crippen LogP contribution < -0.4 is 20.7 Å². The van der Waals surface area contributed by atoms with Crippen LogP contribution in [-0.4, -0.2) is 65.8 Å². The summed E-state index contributed by atoms with van der Waals surface area (Å²) >= 11 is 0. The number of H-pyrrole nitrogens is 1. The molecule has 0 spiro atoms. The van der Waals surface area contributed by atoms with Crippen molar-refractivity contribution in [2.45, 2.75) is 43.1 Å². The lowest BCUT2D eigenvalue weighted by Gasteiger charge is -2.39. The van der Waals surface area contributed by atoms with Crippen molar-refractivity contribution in [1.82, 2.24) is 9.55 Å². The van der Waals surface area contributed by atoms with Gasteiger partial charge in [0.15, 0.2) is 12.4 Å². The molecule has 0 unspecified atom stereocenters. The Morgan fingerprint density at radius 2 is 1.45 bits per heavy atom. The number of ether oxygens (including phenoxy) is 5. The van der Waals surface area contributed by atoms with E-state index in [0.29, 0.717) is 28.2 Å². The van der Waals surface area contributed by atoms with Gasteiger partial charge in [-0.2, -0.15) is 0 Å². The Morgan fingerprint density at radius 1 is 0.872 bits per heavy atom. The maximum absolute atomic E-state index is 16.8. The topological polar surface area (TPSA) is 155 Å². The van der Waals surface area contributed by atoms with E-state index in [-0.39, 0.29) is 0 Å². The van der Waals surface area contributed by atoms with Gasteiger partial charge in [0.05, 0.1) is 27.1 Å². The van der Waals surface area contributed by atoms with E-state index in [4.69, 9.17) is 28.8 Å². The van der Waals surface area contributed by atoms with Crippen LogP contribution >= 0.6 is 0 Å². The zero-order valence-electron chi connectivity index (χ0n) is 25.5. The third-order valence-electron chi connectivity index (χ3n) is 7.83. The van der Waals surface area contributed by atoms with Gasteiger partial charge in [0, 0.05) is 12.3 Å². The van der Waals surface area contributed by atoms with Crippen molar-refractivity contribution < 1.29 is 42.8 Å². The first kappa shape index (κ1) is 33.1. The highest BCUT2D eigenvalue weighted by molar-refractivity contribution is 5.76. The van der Waals surface area contributed by atoms with E-state index in [2.05, 4.69) is 4.98 Å². The van der Waals surface area contributed by atoms with Gasteiger partial charge in [0.1, 0.15) is 35.9 Å².